The Balaban J connectivity index is 1.65. The Bertz CT molecular complexity index is 1420. The number of amidine groups is 1. The maximum atomic E-state index is 13.1. The van der Waals surface area contributed by atoms with Crippen LogP contribution in [0.15, 0.2) is 83.4 Å². The van der Waals surface area contributed by atoms with Crippen LogP contribution in [0, 0.1) is 27.3 Å². The van der Waals surface area contributed by atoms with Gasteiger partial charge >= 0.3 is 0 Å². The highest BCUT2D eigenvalue weighted by molar-refractivity contribution is 6.21. The van der Waals surface area contributed by atoms with E-state index in [1.807, 2.05) is 6.07 Å². The number of hydrogen-bond donors (Lipinski definition) is 2. The van der Waals surface area contributed by atoms with Crippen LogP contribution in [0.5, 0.6) is 0 Å². The molecular weight excluding hydrogens is 441 g/mol. The highest BCUT2D eigenvalue weighted by Gasteiger charge is 2.27. The fraction of sp³-hybridized carbons (Fsp3) is 0. The molecule has 1 aliphatic rings. The molecule has 0 saturated carbocycles. The van der Waals surface area contributed by atoms with Gasteiger partial charge in [0.25, 0.3) is 17.5 Å². The smallest absolute Gasteiger partial charge is 0.269 e. The van der Waals surface area contributed by atoms with Gasteiger partial charge in [-0.15, -0.1) is 0 Å². The fourth-order valence-corrected chi connectivity index (χ4v) is 3.27. The zero-order valence-corrected chi connectivity index (χ0v) is 17.3. The number of carbonyl (C=O) groups excluding carboxylic acids is 2. The van der Waals surface area contributed by atoms with Gasteiger partial charge in [0.2, 0.25) is 0 Å². The summed E-state index contributed by atoms with van der Waals surface area (Å²) >= 11 is 0. The third-order valence-corrected chi connectivity index (χ3v) is 4.91. The first-order valence-electron chi connectivity index (χ1n) is 9.83. The minimum atomic E-state index is -0.745. The first kappa shape index (κ1) is 22.0. The molecule has 0 spiro atoms. The van der Waals surface area contributed by atoms with E-state index in [1.54, 1.807) is 24.3 Å². The molecule has 1 aliphatic heterocycles. The number of carbonyl (C=O) groups is 2. The molecule has 10 heteroatoms. The molecule has 2 N–H and O–H groups in total. The number of nitrogens with one attached hydrogen (secondary N) is 2. The van der Waals surface area contributed by atoms with Crippen LogP contribution in [0.4, 0.5) is 15.8 Å². The topological polar surface area (TPSA) is 137 Å². The van der Waals surface area contributed by atoms with Crippen molar-refractivity contribution in [2.75, 3.05) is 5.32 Å². The number of nitro groups is 1. The highest BCUT2D eigenvalue weighted by atomic mass is 19.1. The number of halogens is 1. The van der Waals surface area contributed by atoms with E-state index in [0.717, 1.165) is 0 Å². The maximum absolute atomic E-state index is 13.1. The van der Waals surface area contributed by atoms with E-state index in [9.17, 15) is 29.4 Å². The van der Waals surface area contributed by atoms with Crippen molar-refractivity contribution in [3.63, 3.8) is 0 Å². The van der Waals surface area contributed by atoms with Crippen molar-refractivity contribution in [3.8, 4) is 6.07 Å². The van der Waals surface area contributed by atoms with Crippen LogP contribution < -0.4 is 10.6 Å². The molecule has 0 bridgehead atoms. The predicted molar refractivity (Wildman–Crippen MR) is 121 cm³/mol. The second-order valence-electron chi connectivity index (χ2n) is 7.06. The van der Waals surface area contributed by atoms with E-state index in [0.29, 0.717) is 16.8 Å². The van der Waals surface area contributed by atoms with Crippen molar-refractivity contribution in [3.05, 3.63) is 111 Å². The second-order valence-corrected chi connectivity index (χ2v) is 7.06. The second kappa shape index (κ2) is 9.13. The zero-order valence-electron chi connectivity index (χ0n) is 17.3. The third-order valence-electron chi connectivity index (χ3n) is 4.91. The largest absolute Gasteiger partial charge is 0.321 e. The van der Waals surface area contributed by atoms with Gasteiger partial charge in [-0.2, -0.15) is 5.26 Å². The Morgan fingerprint density at radius 2 is 1.59 bits per heavy atom. The van der Waals surface area contributed by atoms with Gasteiger partial charge in [-0.05, 0) is 36.4 Å². The maximum Gasteiger partial charge on any atom is 0.269 e. The lowest BCUT2D eigenvalue weighted by Crippen LogP contribution is -2.30. The monoisotopic (exact) mass is 455 g/mol. The van der Waals surface area contributed by atoms with Crippen LogP contribution in [0.25, 0.3) is 5.70 Å². The molecule has 0 aromatic heterocycles. The first-order chi connectivity index (χ1) is 16.4. The number of nitrogens with zero attached hydrogens (tertiary/aromatic N) is 3. The lowest BCUT2D eigenvalue weighted by Gasteiger charge is -2.06. The zero-order chi connectivity index (χ0) is 24.2. The Morgan fingerprint density at radius 3 is 2.21 bits per heavy atom. The molecule has 9 nitrogen and oxygen atoms in total. The van der Waals surface area contributed by atoms with Gasteiger partial charge in [0, 0.05) is 34.5 Å². The summed E-state index contributed by atoms with van der Waals surface area (Å²) in [5.74, 6) is -1.67. The van der Waals surface area contributed by atoms with E-state index in [1.165, 1.54) is 48.5 Å². The van der Waals surface area contributed by atoms with Gasteiger partial charge in [-0.1, -0.05) is 24.3 Å². The van der Waals surface area contributed by atoms with Crippen LogP contribution >= 0.6 is 0 Å². The van der Waals surface area contributed by atoms with Crippen molar-refractivity contribution in [2.45, 2.75) is 0 Å². The average Bonchev–Trinajstić information content (AvgIpc) is 3.19. The summed E-state index contributed by atoms with van der Waals surface area (Å²) < 4.78 is 13.1. The molecule has 0 atom stereocenters. The minimum absolute atomic E-state index is 0.0664. The molecule has 0 saturated heterocycles. The van der Waals surface area contributed by atoms with E-state index in [2.05, 4.69) is 15.6 Å². The fourth-order valence-electron chi connectivity index (χ4n) is 3.27. The van der Waals surface area contributed by atoms with Crippen LogP contribution in [0.2, 0.25) is 0 Å². The predicted octanol–water partition coefficient (Wildman–Crippen LogP) is 3.80. The van der Waals surface area contributed by atoms with Gasteiger partial charge < -0.3 is 10.6 Å². The van der Waals surface area contributed by atoms with Crippen molar-refractivity contribution in [1.29, 1.82) is 5.26 Å². The Hall–Kier alpha value is -5.17. The summed E-state index contributed by atoms with van der Waals surface area (Å²) in [7, 11) is 0. The van der Waals surface area contributed by atoms with Gasteiger partial charge in [0.15, 0.2) is 0 Å². The van der Waals surface area contributed by atoms with E-state index < -0.39 is 22.6 Å². The molecule has 3 aromatic rings. The summed E-state index contributed by atoms with van der Waals surface area (Å²) in [6, 6.07) is 18.7. The molecule has 0 radical (unpaired) electrons. The number of nitriles is 1. The summed E-state index contributed by atoms with van der Waals surface area (Å²) in [6.45, 7) is 0. The Labute approximate surface area is 192 Å². The molecule has 1 heterocycles. The van der Waals surface area contributed by atoms with Crippen LogP contribution in [0.3, 0.4) is 0 Å². The SMILES string of the molecule is N#CC(C(=O)Nc1ccc(F)cc1)=C1N=C(NC(=O)c2ccc([N+](=O)[O-])cc2)c2ccccc21. The number of fused-ring (bicyclic) bond motifs is 1. The molecule has 3 aromatic carbocycles. The molecule has 166 valence electrons. The minimum Gasteiger partial charge on any atom is -0.321 e. The summed E-state index contributed by atoms with van der Waals surface area (Å²) in [6.07, 6.45) is 0. The molecule has 2 amide bonds. The highest BCUT2D eigenvalue weighted by Crippen LogP contribution is 2.31. The average molecular weight is 455 g/mol. The summed E-state index contributed by atoms with van der Waals surface area (Å²) in [5.41, 5.74) is 1.03. The molecule has 4 rings (SSSR count). The standard InChI is InChI=1S/C24H14FN5O4/c25-15-7-9-16(10-8-15)27-24(32)20(13-26)21-18-3-1-2-4-19(18)22(28-21)29-23(31)14-5-11-17(12-6-14)30(33)34/h1-12H,(H,27,32)(H,28,29,31). The van der Waals surface area contributed by atoms with E-state index >= 15 is 0 Å². The number of rotatable bonds is 4. The normalized spacial score (nSPS) is 13.2. The number of non-ortho nitro benzene ring substituents is 1. The van der Waals surface area contributed by atoms with E-state index in [4.69, 9.17) is 0 Å². The quantitative estimate of drug-likeness (QED) is 0.267. The lowest BCUT2D eigenvalue weighted by molar-refractivity contribution is -0.384. The molecule has 34 heavy (non-hydrogen) atoms. The van der Waals surface area contributed by atoms with Crippen molar-refractivity contribution >= 4 is 34.7 Å². The number of aliphatic imine (C=N–C) groups is 1. The number of nitro benzene ring substituents is 1. The molecule has 0 aliphatic carbocycles. The van der Waals surface area contributed by atoms with Crippen LogP contribution in [0.1, 0.15) is 21.5 Å². The van der Waals surface area contributed by atoms with Crippen LogP contribution in [-0.4, -0.2) is 22.6 Å². The van der Waals surface area contributed by atoms with Crippen molar-refractivity contribution in [1.82, 2.24) is 5.32 Å². The third kappa shape index (κ3) is 4.39. The van der Waals surface area contributed by atoms with Crippen molar-refractivity contribution in [2.24, 2.45) is 4.99 Å². The summed E-state index contributed by atoms with van der Waals surface area (Å²) in [5, 5.41) is 25.7. The number of amides is 2. The van der Waals surface area contributed by atoms with Gasteiger partial charge in [0.05, 0.1) is 10.6 Å². The Kier molecular flexibility index (Phi) is 5.92. The number of anilines is 1. The lowest BCUT2D eigenvalue weighted by atomic mass is 10.0. The van der Waals surface area contributed by atoms with Gasteiger partial charge in [0.1, 0.15) is 23.3 Å². The van der Waals surface area contributed by atoms with E-state index in [-0.39, 0.29) is 28.4 Å². The van der Waals surface area contributed by atoms with Crippen LogP contribution in [-0.2, 0) is 4.79 Å². The van der Waals surface area contributed by atoms with Crippen molar-refractivity contribution < 1.29 is 18.9 Å². The number of hydrogen-bond acceptors (Lipinski definition) is 6. The molecular formula is C24H14FN5O4. The Morgan fingerprint density at radius 1 is 0.941 bits per heavy atom. The molecule has 0 unspecified atom stereocenters. The summed E-state index contributed by atoms with van der Waals surface area (Å²) in [4.78, 5) is 40.0. The molecule has 0 fully saturated rings. The van der Waals surface area contributed by atoms with Gasteiger partial charge in [-0.3, -0.25) is 19.7 Å². The number of benzene rings is 3. The first-order valence-corrected chi connectivity index (χ1v) is 9.83. The van der Waals surface area contributed by atoms with Gasteiger partial charge in [-0.25, -0.2) is 9.38 Å².